The molecule has 156 valence electrons. The number of carbonyl (C=O) groups excluding carboxylic acids is 2. The molecule has 0 aliphatic carbocycles. The average Bonchev–Trinajstić information content (AvgIpc) is 3.05. The van der Waals surface area contributed by atoms with Crippen LogP contribution in [0.4, 0.5) is 5.69 Å². The first-order valence-electron chi connectivity index (χ1n) is 9.71. The number of aromatic hydroxyl groups is 1. The van der Waals surface area contributed by atoms with Crippen molar-refractivity contribution in [3.05, 3.63) is 95.1 Å². The van der Waals surface area contributed by atoms with Crippen LogP contribution in [0, 0.1) is 6.92 Å². The molecular formula is C25H21NO5. The Balaban J connectivity index is 1.92. The van der Waals surface area contributed by atoms with Gasteiger partial charge in [-0.25, -0.2) is 0 Å². The number of anilines is 1. The average molecular weight is 415 g/mol. The summed E-state index contributed by atoms with van der Waals surface area (Å²) in [4.78, 5) is 27.4. The van der Waals surface area contributed by atoms with E-state index in [-0.39, 0.29) is 17.1 Å². The van der Waals surface area contributed by atoms with Gasteiger partial charge >= 0.3 is 0 Å². The number of methoxy groups -OCH3 is 1. The Morgan fingerprint density at radius 1 is 0.903 bits per heavy atom. The molecule has 2 N–H and O–H groups in total. The van der Waals surface area contributed by atoms with E-state index >= 15 is 0 Å². The van der Waals surface area contributed by atoms with Crippen LogP contribution in [0.5, 0.6) is 11.5 Å². The van der Waals surface area contributed by atoms with E-state index in [1.807, 2.05) is 19.1 Å². The molecule has 1 heterocycles. The summed E-state index contributed by atoms with van der Waals surface area (Å²) < 4.78 is 5.22. The lowest BCUT2D eigenvalue weighted by Crippen LogP contribution is -2.29. The number of phenolic OH excluding ortho intramolecular Hbond substituents is 1. The van der Waals surface area contributed by atoms with Crippen LogP contribution in [0.2, 0.25) is 0 Å². The minimum absolute atomic E-state index is 0.00657. The van der Waals surface area contributed by atoms with E-state index < -0.39 is 17.7 Å². The van der Waals surface area contributed by atoms with E-state index in [2.05, 4.69) is 0 Å². The van der Waals surface area contributed by atoms with E-state index in [0.29, 0.717) is 22.6 Å². The van der Waals surface area contributed by atoms with E-state index in [1.54, 1.807) is 55.6 Å². The van der Waals surface area contributed by atoms with Crippen LogP contribution in [0.15, 0.2) is 78.4 Å². The molecule has 3 aromatic rings. The van der Waals surface area contributed by atoms with E-state index in [1.165, 1.54) is 17.0 Å². The lowest BCUT2D eigenvalue weighted by molar-refractivity contribution is -0.132. The summed E-state index contributed by atoms with van der Waals surface area (Å²) in [5.74, 6) is -1.09. The highest BCUT2D eigenvalue weighted by molar-refractivity contribution is 6.51. The number of nitrogens with zero attached hydrogens (tertiary/aromatic N) is 1. The van der Waals surface area contributed by atoms with E-state index in [0.717, 1.165) is 5.56 Å². The highest BCUT2D eigenvalue weighted by Crippen LogP contribution is 2.42. The maximum atomic E-state index is 13.1. The van der Waals surface area contributed by atoms with Crippen LogP contribution in [0.25, 0.3) is 5.76 Å². The first kappa shape index (κ1) is 20.2. The number of aliphatic hydroxyl groups excluding tert-OH is 1. The molecular weight excluding hydrogens is 394 g/mol. The molecule has 0 aromatic heterocycles. The van der Waals surface area contributed by atoms with Gasteiger partial charge in [-0.15, -0.1) is 0 Å². The van der Waals surface area contributed by atoms with Crippen molar-refractivity contribution in [2.24, 2.45) is 0 Å². The number of phenols is 1. The largest absolute Gasteiger partial charge is 0.508 e. The molecule has 0 saturated carbocycles. The molecule has 0 spiro atoms. The van der Waals surface area contributed by atoms with Crippen molar-refractivity contribution >= 4 is 23.1 Å². The summed E-state index contributed by atoms with van der Waals surface area (Å²) in [5.41, 5.74) is 2.54. The smallest absolute Gasteiger partial charge is 0.300 e. The number of benzene rings is 3. The van der Waals surface area contributed by atoms with Crippen molar-refractivity contribution in [1.29, 1.82) is 0 Å². The second-order valence-corrected chi connectivity index (χ2v) is 7.32. The van der Waals surface area contributed by atoms with Crippen LogP contribution in [-0.2, 0) is 9.59 Å². The molecule has 1 aliphatic rings. The van der Waals surface area contributed by atoms with Crippen molar-refractivity contribution in [1.82, 2.24) is 0 Å². The Bertz CT molecular complexity index is 1160. The van der Waals surface area contributed by atoms with Crippen molar-refractivity contribution < 1.29 is 24.5 Å². The summed E-state index contributed by atoms with van der Waals surface area (Å²) in [6.45, 7) is 1.92. The Kier molecular flexibility index (Phi) is 5.21. The number of rotatable bonds is 4. The minimum atomic E-state index is -0.836. The minimum Gasteiger partial charge on any atom is -0.508 e. The van der Waals surface area contributed by atoms with Gasteiger partial charge in [0.25, 0.3) is 11.7 Å². The summed E-state index contributed by atoms with van der Waals surface area (Å²) >= 11 is 0. The number of hydrogen-bond donors (Lipinski definition) is 2. The third-order valence-electron chi connectivity index (χ3n) is 5.33. The van der Waals surface area contributed by atoms with Gasteiger partial charge < -0.3 is 14.9 Å². The predicted molar refractivity (Wildman–Crippen MR) is 117 cm³/mol. The number of hydrogen-bond acceptors (Lipinski definition) is 5. The second-order valence-electron chi connectivity index (χ2n) is 7.32. The van der Waals surface area contributed by atoms with Crippen LogP contribution < -0.4 is 9.64 Å². The molecule has 1 aliphatic heterocycles. The van der Waals surface area contributed by atoms with Crippen molar-refractivity contribution in [3.63, 3.8) is 0 Å². The second kappa shape index (κ2) is 7.99. The number of carbonyl (C=O) groups is 2. The Labute approximate surface area is 179 Å². The van der Waals surface area contributed by atoms with Crippen LogP contribution in [0.1, 0.15) is 22.7 Å². The summed E-state index contributed by atoms with van der Waals surface area (Å²) in [6.07, 6.45) is 0. The molecule has 31 heavy (non-hydrogen) atoms. The number of ketones is 1. The van der Waals surface area contributed by atoms with Gasteiger partial charge in [-0.1, -0.05) is 42.0 Å². The van der Waals surface area contributed by atoms with Gasteiger partial charge in [-0.2, -0.15) is 0 Å². The van der Waals surface area contributed by atoms with Crippen molar-refractivity contribution in [3.8, 4) is 11.5 Å². The quantitative estimate of drug-likeness (QED) is 0.376. The first-order valence-corrected chi connectivity index (χ1v) is 9.71. The maximum Gasteiger partial charge on any atom is 0.300 e. The van der Waals surface area contributed by atoms with Crippen LogP contribution in [0.3, 0.4) is 0 Å². The monoisotopic (exact) mass is 415 g/mol. The number of aryl methyl sites for hydroxylation is 1. The van der Waals surface area contributed by atoms with Gasteiger partial charge in [0.15, 0.2) is 0 Å². The van der Waals surface area contributed by atoms with Crippen LogP contribution in [-0.4, -0.2) is 29.0 Å². The standard InChI is InChI=1S/C25H21NO5/c1-15-3-5-17(6-4-15)23(28)21-22(16-7-13-20(31-2)14-8-16)26(25(30)24(21)29)18-9-11-19(27)12-10-18/h3-14,22,27-28H,1-2H3/b23-21+. The first-order chi connectivity index (χ1) is 14.9. The molecule has 3 aromatic carbocycles. The fraction of sp³-hybridized carbons (Fsp3) is 0.120. The highest BCUT2D eigenvalue weighted by Gasteiger charge is 2.46. The zero-order valence-corrected chi connectivity index (χ0v) is 17.1. The van der Waals surface area contributed by atoms with Gasteiger partial charge in [0.2, 0.25) is 0 Å². The molecule has 6 nitrogen and oxygen atoms in total. The zero-order valence-electron chi connectivity index (χ0n) is 17.1. The molecule has 6 heteroatoms. The zero-order chi connectivity index (χ0) is 22.1. The maximum absolute atomic E-state index is 13.1. The fourth-order valence-electron chi connectivity index (χ4n) is 3.68. The molecule has 1 unspecified atom stereocenters. The Hall–Kier alpha value is -4.06. The fourth-order valence-corrected chi connectivity index (χ4v) is 3.68. The summed E-state index contributed by atoms with van der Waals surface area (Å²) in [6, 6.07) is 19.2. The molecule has 1 saturated heterocycles. The summed E-state index contributed by atoms with van der Waals surface area (Å²) in [5, 5.41) is 20.7. The lowest BCUT2D eigenvalue weighted by atomic mass is 9.95. The van der Waals surface area contributed by atoms with Gasteiger partial charge in [-0.05, 0) is 48.9 Å². The van der Waals surface area contributed by atoms with Gasteiger partial charge in [0, 0.05) is 11.3 Å². The number of amides is 1. The topological polar surface area (TPSA) is 87.1 Å². The van der Waals surface area contributed by atoms with Gasteiger partial charge in [0.1, 0.15) is 17.3 Å². The normalized spacial score (nSPS) is 17.7. The molecule has 1 atom stereocenters. The lowest BCUT2D eigenvalue weighted by Gasteiger charge is -2.25. The Morgan fingerprint density at radius 3 is 2.10 bits per heavy atom. The highest BCUT2D eigenvalue weighted by atomic mass is 16.5. The molecule has 0 bridgehead atoms. The van der Waals surface area contributed by atoms with E-state index in [4.69, 9.17) is 4.74 Å². The van der Waals surface area contributed by atoms with Gasteiger partial charge in [0.05, 0.1) is 18.7 Å². The number of Topliss-reactive ketones (excluding diaryl/α,β-unsaturated/α-hetero) is 1. The summed E-state index contributed by atoms with van der Waals surface area (Å²) in [7, 11) is 1.55. The third-order valence-corrected chi connectivity index (χ3v) is 5.33. The Morgan fingerprint density at radius 2 is 1.52 bits per heavy atom. The molecule has 1 amide bonds. The number of ether oxygens (including phenoxy) is 1. The number of aliphatic hydroxyl groups is 1. The van der Waals surface area contributed by atoms with Crippen LogP contribution >= 0.6 is 0 Å². The van der Waals surface area contributed by atoms with Gasteiger partial charge in [-0.3, -0.25) is 14.5 Å². The molecule has 4 rings (SSSR count). The molecule has 1 fully saturated rings. The van der Waals surface area contributed by atoms with Crippen molar-refractivity contribution in [2.75, 3.05) is 12.0 Å². The third kappa shape index (κ3) is 3.64. The molecule has 0 radical (unpaired) electrons. The van der Waals surface area contributed by atoms with E-state index in [9.17, 15) is 19.8 Å². The SMILES string of the molecule is COc1ccc(C2/C(=C(\O)c3ccc(C)cc3)C(=O)C(=O)N2c2ccc(O)cc2)cc1. The predicted octanol–water partition coefficient (Wildman–Crippen LogP) is 4.34. The van der Waals surface area contributed by atoms with Crippen molar-refractivity contribution in [2.45, 2.75) is 13.0 Å².